The van der Waals surface area contributed by atoms with E-state index in [-0.39, 0.29) is 89.2 Å². The third kappa shape index (κ3) is 33.0. The van der Waals surface area contributed by atoms with Crippen molar-refractivity contribution in [1.29, 1.82) is 5.41 Å². The summed E-state index contributed by atoms with van der Waals surface area (Å²) in [6.07, 6.45) is -17.1. The molecule has 7 aliphatic heterocycles. The summed E-state index contributed by atoms with van der Waals surface area (Å²) in [6.45, 7) is 36.8. The molecule has 3 N–H and O–H groups in total. The molecule has 816 valence electrons. The van der Waals surface area contributed by atoms with Gasteiger partial charge in [0.05, 0.1) is 97.6 Å². The number of benzene rings is 2. The maximum Gasteiger partial charge on any atom is 0.762 e. The fraction of sp³-hybridized carbons (Fsp3) is 0.695. The van der Waals surface area contributed by atoms with Crippen LogP contribution in [-0.2, 0) is 167 Å². The van der Waals surface area contributed by atoms with Gasteiger partial charge in [0, 0.05) is 50.3 Å². The number of hydrogen-bond donors (Lipinski definition) is 3. The van der Waals surface area contributed by atoms with Crippen molar-refractivity contribution in [3.05, 3.63) is 70.8 Å². The molecule has 0 radical (unpaired) electrons. The highest BCUT2D eigenvalue weighted by atomic mass is 35.6. The van der Waals surface area contributed by atoms with Crippen molar-refractivity contribution >= 4 is 174 Å². The van der Waals surface area contributed by atoms with E-state index < -0.39 is 258 Å². The van der Waals surface area contributed by atoms with Crippen molar-refractivity contribution in [3.8, 4) is 23.0 Å². The molecule has 2 aliphatic carbocycles. The number of esters is 12. The number of alkyl halides is 3. The third-order valence-corrected chi connectivity index (χ3v) is 24.1. The Balaban J connectivity index is 0.000000638. The Bertz CT molecular complexity index is 4730. The highest BCUT2D eigenvalue weighted by Crippen LogP contribution is 2.58. The summed E-state index contributed by atoms with van der Waals surface area (Å²) in [5.41, 5.74) is 2.98. The Morgan fingerprint density at radius 3 is 1.08 bits per heavy atom. The quantitative estimate of drug-likeness (QED) is 0.0135. The molecule has 11 rings (SSSR count). The third-order valence-electron chi connectivity index (χ3n) is 23.6. The first-order chi connectivity index (χ1) is 65.5. The van der Waals surface area contributed by atoms with Crippen molar-refractivity contribution in [2.45, 2.75) is 308 Å². The summed E-state index contributed by atoms with van der Waals surface area (Å²) in [4.78, 5) is 162. The van der Waals surface area contributed by atoms with Gasteiger partial charge in [-0.05, 0) is 77.1 Å². The van der Waals surface area contributed by atoms with Gasteiger partial charge < -0.3 is 119 Å². The lowest BCUT2D eigenvalue weighted by atomic mass is 9.69. The highest BCUT2D eigenvalue weighted by Gasteiger charge is 2.63. The smallest absolute Gasteiger partial charge is 0.504 e. The first kappa shape index (κ1) is 130. The predicted molar refractivity (Wildman–Crippen MR) is 534 cm³/mol. The number of carbonyl (C=O) groups excluding carboxylic acids is 12. The first-order valence-corrected chi connectivity index (χ1v) is 47.6. The van der Waals surface area contributed by atoms with Gasteiger partial charge in [-0.1, -0.05) is 196 Å². The molecular weight excluding hydrogens is 2050 g/mol. The Morgan fingerprint density at radius 1 is 0.444 bits per heavy atom. The van der Waals surface area contributed by atoms with Crippen molar-refractivity contribution < 1.29 is 180 Å². The molecule has 0 unspecified atom stereocenters. The molecule has 2 spiro atoms. The number of aliphatic hydroxyl groups excluding tert-OH is 1. The molecule has 144 heavy (non-hydrogen) atoms. The van der Waals surface area contributed by atoms with Gasteiger partial charge in [0.1, 0.15) is 12.2 Å². The molecule has 21 atom stereocenters. The fourth-order valence-corrected chi connectivity index (χ4v) is 16.1. The normalized spacial score (nSPS) is 27.1. The van der Waals surface area contributed by atoms with Gasteiger partial charge >= 0.3 is 79.2 Å². The molecule has 0 bridgehead atoms. The van der Waals surface area contributed by atoms with Crippen LogP contribution in [0.4, 0.5) is 12.9 Å². The van der Waals surface area contributed by atoms with Crippen molar-refractivity contribution in [3.63, 3.8) is 0 Å². The van der Waals surface area contributed by atoms with Crippen LogP contribution in [0.25, 0.3) is 0 Å². The summed E-state index contributed by atoms with van der Waals surface area (Å²) in [5.74, 6) is -15.7. The molecule has 0 amide bonds. The van der Waals surface area contributed by atoms with Gasteiger partial charge in [-0.3, -0.25) is 61.5 Å². The second-order valence-electron chi connectivity index (χ2n) is 37.5. The van der Waals surface area contributed by atoms with Crippen LogP contribution in [0.5, 0.6) is 23.0 Å². The number of halogens is 6. The number of carbonyl (C=O) groups is 12. The van der Waals surface area contributed by atoms with Gasteiger partial charge in [-0.25, -0.2) is 14.4 Å². The monoisotopic (exact) mass is 2190 g/mol. The van der Waals surface area contributed by atoms with Gasteiger partial charge in [0.2, 0.25) is 37.0 Å². The van der Waals surface area contributed by atoms with Crippen LogP contribution < -0.4 is 14.2 Å². The molecule has 9 aliphatic rings. The average molecular weight is 2190 g/mol. The van der Waals surface area contributed by atoms with Gasteiger partial charge in [0.25, 0.3) is 3.79 Å². The summed E-state index contributed by atoms with van der Waals surface area (Å²) < 4.78 is 148. The van der Waals surface area contributed by atoms with Crippen LogP contribution >= 0.6 is 88.8 Å². The maximum absolute atomic E-state index is 13.6. The zero-order valence-corrected chi connectivity index (χ0v) is 91.7. The lowest BCUT2D eigenvalue weighted by molar-refractivity contribution is -0.310. The number of aliphatic hydroxyl groups is 1. The van der Waals surface area contributed by atoms with Gasteiger partial charge in [-0.2, -0.15) is 54.0 Å². The van der Waals surface area contributed by atoms with E-state index in [9.17, 15) is 80.7 Å². The van der Waals surface area contributed by atoms with E-state index in [2.05, 4.69) is 22.9 Å². The first-order valence-electron chi connectivity index (χ1n) is 46.5. The zero-order valence-electron chi connectivity index (χ0n) is 85.5. The van der Waals surface area contributed by atoms with E-state index in [0.29, 0.717) is 31.7 Å². The topological polar surface area (TPSA) is 469 Å². The van der Waals surface area contributed by atoms with Crippen molar-refractivity contribution in [2.75, 3.05) is 61.7 Å². The molecule has 2 aromatic carbocycles. The number of aromatic hydroxyl groups is 1. The average Bonchev–Trinajstić information content (AvgIpc) is 1.56. The lowest BCUT2D eigenvalue weighted by Crippen LogP contribution is -2.65. The number of nitrogens with one attached hydrogen (secondary N) is 1. The van der Waals surface area contributed by atoms with Crippen LogP contribution in [-0.4, -0.2) is 287 Å². The van der Waals surface area contributed by atoms with Crippen LogP contribution in [0.3, 0.4) is 0 Å². The molecule has 0 saturated carbocycles. The fourth-order valence-electron chi connectivity index (χ4n) is 16.0. The molecule has 3 fully saturated rings. The number of methoxy groups -OCH3 is 3. The number of phenolic OH excluding ortho intramolecular Hbond substituents is 1. The number of ether oxygens (including phenoxy) is 21. The highest BCUT2D eigenvalue weighted by molar-refractivity contribution is 7.59. The number of nitrogens with zero attached hydrogens (tertiary/aromatic N) is 2. The molecule has 38 nitrogen and oxygen atoms in total. The second-order valence-corrected chi connectivity index (χ2v) is 39.8. The van der Waals surface area contributed by atoms with Gasteiger partial charge in [-0.15, -0.1) is 0 Å². The summed E-state index contributed by atoms with van der Waals surface area (Å²) in [7, 11) is 3.69. The Labute approximate surface area is 881 Å². The van der Waals surface area contributed by atoms with Crippen LogP contribution in [0.2, 0.25) is 0 Å². The Kier molecular flexibility index (Phi) is 52.2. The molecule has 0 aromatic heterocycles. The molecule has 7 heterocycles. The molecular formula is C95H142BCl3F3N3O35S4. The molecule has 3 saturated heterocycles. The van der Waals surface area contributed by atoms with Crippen LogP contribution in [0, 0.1) is 58.7 Å². The standard InChI is InChI=1S/C54H75NO21.C21H30Cl3NO10.C16H19NO3.C4H10O.BF3.4H2S/c1-24(2)44(56)69-36-38(71-46(58)26(5)6)42(73-48(60)28(9)10)52(75-40(36)50(62)64-14)66-31-18-19-54-20-21-55(13)23-30-16-17-32(35(34(30)54)68-33(54)22-31)67-53-43(74-49(61)29(11)12)39(72-47(59)27(7)8)37(70-45(57)25(3)4)41(76-53)51(63)65-15;1-8(2)15(26)31-11-12(32-16(27)9(3)4)14(33-17(28)10(5)6)19(34-13(11)18(29)30-7)35-20(25)21(22,23)24;1-17-7-6-16-5-4-11(18)8-13(16)20-15-12(19)3-2-10(9-17)14(15)16;1-3-5-4-2;2-1(3)4;;;;/h16-19,24-29,31,33,36-43,52-53H,20-23H2,1-15H3;8-14,19,25H,1-7H3;2-5,11,13,18-19H,6-9H2,1H3;3-4H2,1-2H3;;4*1H2/t31-,33-,36-,37-,38-,39-,40-,41-,42+,43+,52+,53+,54-;11-,12-,13-,14+,19+;11-,13-,16-;;;;;;/m000....../s1. The number of hydrogen-bond acceptors (Lipinski definition) is 38. The van der Waals surface area contributed by atoms with E-state index in [0.717, 1.165) is 70.7 Å². The summed E-state index contributed by atoms with van der Waals surface area (Å²) in [5, 5.41) is 27.9. The van der Waals surface area contributed by atoms with E-state index in [1.165, 1.54) is 33.3 Å². The minimum atomic E-state index is -3.67. The molecule has 2 aromatic rings. The maximum atomic E-state index is 13.6. The SMILES string of the molecule is CCOCC.CN1CC[C@@]23C=C[C@H](O)C[C@@H]2Oc2c(O)ccc(c23)C1.COC(=O)[C@H]1O[C@@H](Oc2ccc3c4c2O[C@H]2C[C@@H](O[C@@H]5O[C@H](C(=O)OC)[C@@H](OC(=O)C(C)C)[C@H](OC(=O)C(C)C)[C@H]5OC(=O)C(C)C)C=C[C@@]42CCN(C)C3)[C@H](OC(=O)C(C)C)[C@@H](OC(=O)C(C)C)[C@@H]1OC(=O)C(C)C.COC(=O)[C@H]1O[C@H](OC(=N)C(Cl)(Cl)Cl)[C@H](OC(=O)C(C)C)[C@@H](OC(=O)C(C)C)[C@@H]1OC(=O)C(C)C.FB(F)F.S.S.S.S. The van der Waals surface area contributed by atoms with Crippen LogP contribution in [0.15, 0.2) is 48.6 Å². The van der Waals surface area contributed by atoms with E-state index in [1.807, 2.05) is 45.2 Å². The van der Waals surface area contributed by atoms with E-state index in [1.54, 1.807) is 115 Å². The second kappa shape index (κ2) is 57.7. The van der Waals surface area contributed by atoms with Crippen molar-refractivity contribution in [1.82, 2.24) is 9.80 Å². The molecule has 49 heteroatoms. The number of phenols is 1. The summed E-state index contributed by atoms with van der Waals surface area (Å²) >= 11 is 17.1. The van der Waals surface area contributed by atoms with Gasteiger partial charge in [0.15, 0.2) is 84.0 Å². The Morgan fingerprint density at radius 2 is 0.743 bits per heavy atom. The van der Waals surface area contributed by atoms with Crippen molar-refractivity contribution in [2.24, 2.45) is 53.3 Å². The Hall–Kier alpha value is -7.97. The van der Waals surface area contributed by atoms with E-state index in [4.69, 9.17) is 140 Å². The largest absolute Gasteiger partial charge is 0.762 e. The predicted octanol–water partition coefficient (Wildman–Crippen LogP) is 11.3. The van der Waals surface area contributed by atoms with E-state index >= 15 is 0 Å². The number of rotatable bonds is 28. The lowest BCUT2D eigenvalue weighted by Gasteiger charge is -2.45. The summed E-state index contributed by atoms with van der Waals surface area (Å²) in [6, 6.07) is 7.23. The zero-order chi connectivity index (χ0) is 105. The minimum absolute atomic E-state index is 0. The minimum Gasteiger partial charge on any atom is -0.504 e. The van der Waals surface area contributed by atoms with Crippen LogP contribution in [0.1, 0.15) is 186 Å².